The summed E-state index contributed by atoms with van der Waals surface area (Å²) in [6.45, 7) is 1.79. The third kappa shape index (κ3) is 3.26. The second-order valence-electron chi connectivity index (χ2n) is 5.93. The fourth-order valence-electron chi connectivity index (χ4n) is 3.00. The van der Waals surface area contributed by atoms with Gasteiger partial charge in [-0.1, -0.05) is 18.2 Å². The number of aryl methyl sites for hydroxylation is 1. The first-order valence-corrected chi connectivity index (χ1v) is 7.70. The summed E-state index contributed by atoms with van der Waals surface area (Å²) in [5.74, 6) is -1.33. The molecule has 6 heteroatoms. The van der Waals surface area contributed by atoms with Crippen molar-refractivity contribution < 1.29 is 14.7 Å². The van der Waals surface area contributed by atoms with Crippen LogP contribution in [0.5, 0.6) is 0 Å². The topological polar surface area (TPSA) is 84.2 Å². The highest BCUT2D eigenvalue weighted by Crippen LogP contribution is 2.26. The van der Waals surface area contributed by atoms with Crippen LogP contribution in [0.3, 0.4) is 0 Å². The van der Waals surface area contributed by atoms with Crippen molar-refractivity contribution in [3.8, 4) is 5.69 Å². The zero-order chi connectivity index (χ0) is 16.4. The molecule has 0 radical (unpaired) electrons. The van der Waals surface area contributed by atoms with Crippen molar-refractivity contribution in [1.82, 2.24) is 15.1 Å². The van der Waals surface area contributed by atoms with Gasteiger partial charge in [0, 0.05) is 12.2 Å². The van der Waals surface area contributed by atoms with E-state index in [1.165, 1.54) is 0 Å². The van der Waals surface area contributed by atoms with Gasteiger partial charge in [-0.3, -0.25) is 9.59 Å². The molecule has 3 rings (SSSR count). The van der Waals surface area contributed by atoms with E-state index in [0.717, 1.165) is 5.69 Å². The molecule has 0 bridgehead atoms. The van der Waals surface area contributed by atoms with Crippen molar-refractivity contribution in [2.75, 3.05) is 0 Å². The van der Waals surface area contributed by atoms with Gasteiger partial charge < -0.3 is 10.4 Å². The van der Waals surface area contributed by atoms with Crippen molar-refractivity contribution in [2.45, 2.75) is 32.2 Å². The summed E-state index contributed by atoms with van der Waals surface area (Å²) < 4.78 is 1.68. The molecule has 120 valence electrons. The molecule has 2 atom stereocenters. The van der Waals surface area contributed by atoms with Gasteiger partial charge in [0.05, 0.1) is 22.9 Å². The lowest BCUT2D eigenvalue weighted by Gasteiger charge is -2.11. The lowest BCUT2D eigenvalue weighted by atomic mass is 10.1. The Kier molecular flexibility index (Phi) is 4.14. The zero-order valence-electron chi connectivity index (χ0n) is 12.9. The summed E-state index contributed by atoms with van der Waals surface area (Å²) in [5.41, 5.74) is 2.06. The molecule has 23 heavy (non-hydrogen) atoms. The molecule has 1 heterocycles. The van der Waals surface area contributed by atoms with E-state index in [2.05, 4.69) is 10.4 Å². The standard InChI is InChI=1S/C17H19N3O3/c1-11-15(10-20(19-11)14-5-3-2-4-6-14)16(21)18-13-8-7-12(9-13)17(22)23/h2-6,10,12-13H,7-9H2,1H3,(H,18,21)(H,22,23)/t12-,13-/m1/s1. The van der Waals surface area contributed by atoms with Gasteiger partial charge in [-0.15, -0.1) is 0 Å². The summed E-state index contributed by atoms with van der Waals surface area (Å²) in [6.07, 6.45) is 3.52. The van der Waals surface area contributed by atoms with E-state index < -0.39 is 5.97 Å². The minimum atomic E-state index is -0.783. The Morgan fingerprint density at radius 1 is 1.26 bits per heavy atom. The number of para-hydroxylation sites is 1. The number of carboxylic acid groups (broad SMARTS) is 1. The smallest absolute Gasteiger partial charge is 0.306 e. The summed E-state index contributed by atoms with van der Waals surface area (Å²) in [4.78, 5) is 23.4. The number of nitrogens with zero attached hydrogens (tertiary/aromatic N) is 2. The number of carbonyl (C=O) groups excluding carboxylic acids is 1. The first-order valence-electron chi connectivity index (χ1n) is 7.70. The van der Waals surface area contributed by atoms with Crippen LogP contribution in [0.1, 0.15) is 35.3 Å². The predicted molar refractivity (Wildman–Crippen MR) is 84.5 cm³/mol. The van der Waals surface area contributed by atoms with Gasteiger partial charge in [-0.25, -0.2) is 4.68 Å². The van der Waals surface area contributed by atoms with E-state index in [1.807, 2.05) is 30.3 Å². The van der Waals surface area contributed by atoms with E-state index in [-0.39, 0.29) is 17.9 Å². The van der Waals surface area contributed by atoms with Gasteiger partial charge in [0.25, 0.3) is 5.91 Å². The quantitative estimate of drug-likeness (QED) is 0.906. The lowest BCUT2D eigenvalue weighted by Crippen LogP contribution is -2.33. The van der Waals surface area contributed by atoms with Gasteiger partial charge in [0.1, 0.15) is 0 Å². The van der Waals surface area contributed by atoms with Gasteiger partial charge >= 0.3 is 5.97 Å². The highest BCUT2D eigenvalue weighted by molar-refractivity contribution is 5.95. The highest BCUT2D eigenvalue weighted by Gasteiger charge is 2.31. The van der Waals surface area contributed by atoms with Crippen LogP contribution < -0.4 is 5.32 Å². The van der Waals surface area contributed by atoms with Crippen LogP contribution in [-0.4, -0.2) is 32.8 Å². The van der Waals surface area contributed by atoms with Gasteiger partial charge in [0.2, 0.25) is 0 Å². The third-order valence-electron chi connectivity index (χ3n) is 4.28. The fraction of sp³-hybridized carbons (Fsp3) is 0.353. The molecule has 0 saturated heterocycles. The third-order valence-corrected chi connectivity index (χ3v) is 4.28. The van der Waals surface area contributed by atoms with Crippen molar-refractivity contribution in [3.63, 3.8) is 0 Å². The summed E-state index contributed by atoms with van der Waals surface area (Å²) in [7, 11) is 0. The number of hydrogen-bond donors (Lipinski definition) is 2. The van der Waals surface area contributed by atoms with E-state index in [0.29, 0.717) is 30.5 Å². The average Bonchev–Trinajstić information content (AvgIpc) is 3.15. The number of carbonyl (C=O) groups is 2. The SMILES string of the molecule is Cc1nn(-c2ccccc2)cc1C(=O)N[C@@H]1CC[C@@H](C(=O)O)C1. The second kappa shape index (κ2) is 6.24. The minimum absolute atomic E-state index is 0.0805. The molecule has 1 fully saturated rings. The number of amides is 1. The van der Waals surface area contributed by atoms with Crippen molar-refractivity contribution in [3.05, 3.63) is 47.8 Å². The number of carboxylic acids is 1. The molecule has 1 saturated carbocycles. The van der Waals surface area contributed by atoms with Crippen molar-refractivity contribution in [1.29, 1.82) is 0 Å². The first-order chi connectivity index (χ1) is 11.0. The highest BCUT2D eigenvalue weighted by atomic mass is 16.4. The minimum Gasteiger partial charge on any atom is -0.481 e. The molecule has 6 nitrogen and oxygen atoms in total. The maximum absolute atomic E-state index is 12.4. The van der Waals surface area contributed by atoms with Crippen LogP contribution in [0.25, 0.3) is 5.69 Å². The fourth-order valence-corrected chi connectivity index (χ4v) is 3.00. The maximum Gasteiger partial charge on any atom is 0.306 e. The molecule has 2 aromatic rings. The number of hydrogen-bond acceptors (Lipinski definition) is 3. The monoisotopic (exact) mass is 313 g/mol. The number of benzene rings is 1. The van der Waals surface area contributed by atoms with Crippen LogP contribution >= 0.6 is 0 Å². The molecule has 2 N–H and O–H groups in total. The van der Waals surface area contributed by atoms with Crippen LogP contribution in [0.15, 0.2) is 36.5 Å². The molecular weight excluding hydrogens is 294 g/mol. The summed E-state index contributed by atoms with van der Waals surface area (Å²) >= 11 is 0. The van der Waals surface area contributed by atoms with E-state index in [4.69, 9.17) is 5.11 Å². The van der Waals surface area contributed by atoms with E-state index >= 15 is 0 Å². The largest absolute Gasteiger partial charge is 0.481 e. The molecule has 1 amide bonds. The average molecular weight is 313 g/mol. The molecule has 0 aliphatic heterocycles. The van der Waals surface area contributed by atoms with E-state index in [1.54, 1.807) is 17.8 Å². The second-order valence-corrected chi connectivity index (χ2v) is 5.93. The Morgan fingerprint density at radius 3 is 2.65 bits per heavy atom. The van der Waals surface area contributed by atoms with Gasteiger partial charge in [-0.05, 0) is 38.3 Å². The Bertz CT molecular complexity index is 724. The number of rotatable bonds is 4. The van der Waals surface area contributed by atoms with Crippen molar-refractivity contribution >= 4 is 11.9 Å². The number of aliphatic carboxylic acids is 1. The van der Waals surface area contributed by atoms with E-state index in [9.17, 15) is 9.59 Å². The first kappa shape index (κ1) is 15.3. The molecule has 1 aromatic carbocycles. The lowest BCUT2D eigenvalue weighted by molar-refractivity contribution is -0.141. The summed E-state index contributed by atoms with van der Waals surface area (Å²) in [5, 5.41) is 16.3. The molecule has 0 unspecified atom stereocenters. The Hall–Kier alpha value is -2.63. The van der Waals surface area contributed by atoms with Crippen LogP contribution in [0.4, 0.5) is 0 Å². The molecule has 0 spiro atoms. The number of nitrogens with one attached hydrogen (secondary N) is 1. The Balaban J connectivity index is 1.71. The normalized spacial score (nSPS) is 20.4. The Morgan fingerprint density at radius 2 is 2.00 bits per heavy atom. The number of aromatic nitrogens is 2. The predicted octanol–water partition coefficient (Wildman–Crippen LogP) is 2.16. The molecule has 1 aromatic heterocycles. The molecule has 1 aliphatic carbocycles. The Labute approximate surface area is 134 Å². The van der Waals surface area contributed by atoms with Gasteiger partial charge in [0.15, 0.2) is 0 Å². The maximum atomic E-state index is 12.4. The van der Waals surface area contributed by atoms with Crippen LogP contribution in [0, 0.1) is 12.8 Å². The van der Waals surface area contributed by atoms with Gasteiger partial charge in [-0.2, -0.15) is 5.10 Å². The van der Waals surface area contributed by atoms with Crippen molar-refractivity contribution in [2.24, 2.45) is 5.92 Å². The van der Waals surface area contributed by atoms with Crippen LogP contribution in [0.2, 0.25) is 0 Å². The zero-order valence-corrected chi connectivity index (χ0v) is 12.9. The van der Waals surface area contributed by atoms with Crippen LogP contribution in [-0.2, 0) is 4.79 Å². The molecule has 1 aliphatic rings. The summed E-state index contributed by atoms with van der Waals surface area (Å²) in [6, 6.07) is 9.51. The molecular formula is C17H19N3O3.